The van der Waals surface area contributed by atoms with Gasteiger partial charge in [0.1, 0.15) is 6.04 Å². The highest BCUT2D eigenvalue weighted by Gasteiger charge is 2.47. The molecule has 0 bridgehead atoms. The van der Waals surface area contributed by atoms with Gasteiger partial charge in [0.15, 0.2) is 0 Å². The van der Waals surface area contributed by atoms with Crippen molar-refractivity contribution in [3.05, 3.63) is 29.8 Å². The van der Waals surface area contributed by atoms with Crippen molar-refractivity contribution >= 4 is 17.5 Å². The van der Waals surface area contributed by atoms with Crippen molar-refractivity contribution in [1.82, 2.24) is 4.90 Å². The minimum atomic E-state index is -4.96. The van der Waals surface area contributed by atoms with Gasteiger partial charge in [-0.2, -0.15) is 13.2 Å². The maximum atomic E-state index is 12.7. The van der Waals surface area contributed by atoms with Crippen LogP contribution >= 0.6 is 0 Å². The van der Waals surface area contributed by atoms with Crippen LogP contribution in [-0.2, 0) is 9.59 Å². The second-order valence-corrected chi connectivity index (χ2v) is 6.04. The topological polar surface area (TPSA) is 49.4 Å². The predicted molar refractivity (Wildman–Crippen MR) is 84.6 cm³/mol. The molecule has 1 N–H and O–H groups in total. The number of hydrogen-bond acceptors (Lipinski definition) is 2. The van der Waals surface area contributed by atoms with Gasteiger partial charge in [0.05, 0.1) is 0 Å². The molecule has 1 fully saturated rings. The standard InChI is InChI=1S/C17H21F3N2O2/c1-3-11(2)12-7-4-5-8-13(12)21-15(23)14-9-6-10-22(14)16(24)17(18,19)20/h4-5,7-8,11,14H,3,6,9-10H2,1-2H3,(H,21,23). The first-order chi connectivity index (χ1) is 11.3. The van der Waals surface area contributed by atoms with Crippen molar-refractivity contribution in [3.63, 3.8) is 0 Å². The number of nitrogens with one attached hydrogen (secondary N) is 1. The molecule has 1 aliphatic heterocycles. The molecule has 1 aromatic rings. The van der Waals surface area contributed by atoms with Gasteiger partial charge in [-0.1, -0.05) is 32.0 Å². The van der Waals surface area contributed by atoms with Crippen molar-refractivity contribution in [2.24, 2.45) is 0 Å². The summed E-state index contributed by atoms with van der Waals surface area (Å²) in [6, 6.07) is 6.14. The molecular weight excluding hydrogens is 321 g/mol. The number of rotatable bonds is 4. The summed E-state index contributed by atoms with van der Waals surface area (Å²) in [6.07, 6.45) is -3.47. The summed E-state index contributed by atoms with van der Waals surface area (Å²) >= 11 is 0. The van der Waals surface area contributed by atoms with Gasteiger partial charge < -0.3 is 10.2 Å². The van der Waals surface area contributed by atoms with E-state index < -0.39 is 24.0 Å². The van der Waals surface area contributed by atoms with E-state index in [9.17, 15) is 22.8 Å². The van der Waals surface area contributed by atoms with Crippen LogP contribution in [0.5, 0.6) is 0 Å². The second-order valence-electron chi connectivity index (χ2n) is 6.04. The van der Waals surface area contributed by atoms with Crippen molar-refractivity contribution < 1.29 is 22.8 Å². The monoisotopic (exact) mass is 342 g/mol. The number of anilines is 1. The summed E-state index contributed by atoms with van der Waals surface area (Å²) < 4.78 is 38.0. The number of carbonyl (C=O) groups is 2. The third-order valence-electron chi connectivity index (χ3n) is 4.42. The molecule has 4 nitrogen and oxygen atoms in total. The van der Waals surface area contributed by atoms with Gasteiger partial charge in [0.25, 0.3) is 0 Å². The molecule has 132 valence electrons. The normalized spacial score (nSPS) is 19.2. The summed E-state index contributed by atoms with van der Waals surface area (Å²) in [4.78, 5) is 24.6. The van der Waals surface area contributed by atoms with Crippen LogP contribution in [0.2, 0.25) is 0 Å². The lowest BCUT2D eigenvalue weighted by atomic mass is 9.96. The van der Waals surface area contributed by atoms with Crippen LogP contribution in [0.25, 0.3) is 0 Å². The zero-order valence-corrected chi connectivity index (χ0v) is 13.7. The van der Waals surface area contributed by atoms with Gasteiger partial charge >= 0.3 is 12.1 Å². The van der Waals surface area contributed by atoms with Crippen LogP contribution in [0.1, 0.15) is 44.6 Å². The lowest BCUT2D eigenvalue weighted by Gasteiger charge is -2.25. The van der Waals surface area contributed by atoms with Crippen LogP contribution in [0.15, 0.2) is 24.3 Å². The van der Waals surface area contributed by atoms with Gasteiger partial charge in [-0.05, 0) is 36.8 Å². The molecule has 0 aliphatic carbocycles. The van der Waals surface area contributed by atoms with E-state index in [0.29, 0.717) is 17.0 Å². The van der Waals surface area contributed by atoms with E-state index in [4.69, 9.17) is 0 Å². The molecule has 0 spiro atoms. The first-order valence-corrected chi connectivity index (χ1v) is 8.03. The maximum absolute atomic E-state index is 12.7. The van der Waals surface area contributed by atoms with Crippen LogP contribution in [0.4, 0.5) is 18.9 Å². The Bertz CT molecular complexity index is 616. The number of hydrogen-bond donors (Lipinski definition) is 1. The summed E-state index contributed by atoms with van der Waals surface area (Å²) in [6.45, 7) is 3.98. The van der Waals surface area contributed by atoms with E-state index in [1.54, 1.807) is 12.1 Å². The Morgan fingerprint density at radius 2 is 2.00 bits per heavy atom. The molecule has 1 saturated heterocycles. The molecule has 0 radical (unpaired) electrons. The van der Waals surface area contributed by atoms with Crippen LogP contribution < -0.4 is 5.32 Å². The third kappa shape index (κ3) is 3.88. The number of alkyl halides is 3. The number of likely N-dealkylation sites (tertiary alicyclic amines) is 1. The first kappa shape index (κ1) is 18.3. The highest BCUT2D eigenvalue weighted by Crippen LogP contribution is 2.29. The quantitative estimate of drug-likeness (QED) is 0.907. The number of amides is 2. The SMILES string of the molecule is CCC(C)c1ccccc1NC(=O)C1CCCN1C(=O)C(F)(F)F. The van der Waals surface area contributed by atoms with Gasteiger partial charge in [-0.3, -0.25) is 9.59 Å². The Morgan fingerprint density at radius 3 is 2.62 bits per heavy atom. The minimum Gasteiger partial charge on any atom is -0.324 e. The van der Waals surface area contributed by atoms with Crippen LogP contribution in [-0.4, -0.2) is 35.5 Å². The van der Waals surface area contributed by atoms with Gasteiger partial charge in [-0.15, -0.1) is 0 Å². The fourth-order valence-corrected chi connectivity index (χ4v) is 2.92. The Kier molecular flexibility index (Phi) is 5.51. The van der Waals surface area contributed by atoms with E-state index in [0.717, 1.165) is 12.0 Å². The average molecular weight is 342 g/mol. The van der Waals surface area contributed by atoms with Crippen LogP contribution in [0, 0.1) is 0 Å². The largest absolute Gasteiger partial charge is 0.471 e. The zero-order valence-electron chi connectivity index (χ0n) is 13.7. The fourth-order valence-electron chi connectivity index (χ4n) is 2.92. The molecule has 1 aromatic carbocycles. The fraction of sp³-hybridized carbons (Fsp3) is 0.529. The van der Waals surface area contributed by atoms with E-state index in [-0.39, 0.29) is 18.9 Å². The highest BCUT2D eigenvalue weighted by atomic mass is 19.4. The molecule has 2 atom stereocenters. The number of carbonyl (C=O) groups excluding carboxylic acids is 2. The molecule has 2 rings (SSSR count). The van der Waals surface area contributed by atoms with Gasteiger partial charge in [0, 0.05) is 12.2 Å². The Morgan fingerprint density at radius 1 is 1.33 bits per heavy atom. The number of nitrogens with zero attached hydrogens (tertiary/aromatic N) is 1. The predicted octanol–water partition coefficient (Wildman–Crippen LogP) is 3.69. The Balaban J connectivity index is 2.17. The summed E-state index contributed by atoms with van der Waals surface area (Å²) in [5, 5.41) is 2.70. The van der Waals surface area contributed by atoms with Crippen molar-refractivity contribution in [1.29, 1.82) is 0 Å². The lowest BCUT2D eigenvalue weighted by Crippen LogP contribution is -2.48. The molecular formula is C17H21F3N2O2. The molecule has 2 amide bonds. The zero-order chi connectivity index (χ0) is 17.9. The van der Waals surface area contributed by atoms with Crippen molar-refractivity contribution in [2.75, 3.05) is 11.9 Å². The molecule has 0 aromatic heterocycles. The molecule has 0 saturated carbocycles. The average Bonchev–Trinajstić information content (AvgIpc) is 3.02. The van der Waals surface area contributed by atoms with E-state index in [2.05, 4.69) is 5.32 Å². The van der Waals surface area contributed by atoms with E-state index in [1.165, 1.54) is 0 Å². The summed E-state index contributed by atoms with van der Waals surface area (Å²) in [7, 11) is 0. The van der Waals surface area contributed by atoms with E-state index in [1.807, 2.05) is 26.0 Å². The molecule has 1 heterocycles. The summed E-state index contributed by atoms with van der Waals surface area (Å²) in [5.41, 5.74) is 1.52. The van der Waals surface area contributed by atoms with E-state index >= 15 is 0 Å². The number of benzene rings is 1. The molecule has 24 heavy (non-hydrogen) atoms. The van der Waals surface area contributed by atoms with Crippen molar-refractivity contribution in [2.45, 2.75) is 51.2 Å². The molecule has 1 aliphatic rings. The first-order valence-electron chi connectivity index (χ1n) is 8.03. The van der Waals surface area contributed by atoms with Crippen molar-refractivity contribution in [3.8, 4) is 0 Å². The minimum absolute atomic E-state index is 0.0521. The molecule has 2 unspecified atom stereocenters. The lowest BCUT2D eigenvalue weighted by molar-refractivity contribution is -0.186. The maximum Gasteiger partial charge on any atom is 0.471 e. The Labute approximate surface area is 139 Å². The molecule has 7 heteroatoms. The Hall–Kier alpha value is -2.05. The number of para-hydroxylation sites is 1. The highest BCUT2D eigenvalue weighted by molar-refractivity contribution is 5.98. The van der Waals surface area contributed by atoms with Gasteiger partial charge in [0.2, 0.25) is 5.91 Å². The third-order valence-corrected chi connectivity index (χ3v) is 4.42. The van der Waals surface area contributed by atoms with Gasteiger partial charge in [-0.25, -0.2) is 0 Å². The van der Waals surface area contributed by atoms with Crippen LogP contribution in [0.3, 0.4) is 0 Å². The smallest absolute Gasteiger partial charge is 0.324 e. The summed E-state index contributed by atoms with van der Waals surface area (Å²) in [5.74, 6) is -2.31. The number of halogens is 3. The second kappa shape index (κ2) is 7.23.